The first-order chi connectivity index (χ1) is 29.2. The van der Waals surface area contributed by atoms with Gasteiger partial charge in [-0.25, -0.2) is 24.6 Å². The lowest BCUT2D eigenvalue weighted by atomic mass is 10.1. The number of fused-ring (bicyclic) bond motifs is 2. The van der Waals surface area contributed by atoms with Crippen LogP contribution in [0.4, 0.5) is 11.4 Å². The van der Waals surface area contributed by atoms with Crippen LogP contribution in [0.1, 0.15) is 43.2 Å². The smallest absolute Gasteiger partial charge is 0.255 e. The Kier molecular flexibility index (Phi) is 14.8. The quantitative estimate of drug-likeness (QED) is 0.0982. The van der Waals surface area contributed by atoms with Crippen LogP contribution >= 0.6 is 62.3 Å². The van der Waals surface area contributed by atoms with Crippen LogP contribution in [0.3, 0.4) is 0 Å². The molecule has 0 fully saturated rings. The standard InChI is InChI=1S/C21H17Cl2N5O2.C14H12ClNO2.C7H6BrClN4/c1-12-3-4-13(21(29)26-15-7-5-14(22)6-8-15)9-17(12)30-10-16-18-19(23)24-11-25-20(18)28(2)27-16;1-9-2-3-10(8-13(9)17)14(18)16-12-6-4-11(15)5-7-12;1-13-7-5(4(2-8)12-13)6(9)10-3-11-7/h3-9,11H,10H2,1-2H3,(H,26,29);2-8,17H,1H3,(H,16,18);3H,2H2,1H3. The molecule has 3 N–H and O–H groups in total. The normalized spacial score (nSPS) is 10.7. The van der Waals surface area contributed by atoms with Crippen LogP contribution in [-0.4, -0.2) is 56.4 Å². The maximum absolute atomic E-state index is 12.6. The van der Waals surface area contributed by atoms with E-state index >= 15 is 0 Å². The highest BCUT2D eigenvalue weighted by Crippen LogP contribution is 2.27. The van der Waals surface area contributed by atoms with Gasteiger partial charge in [0.05, 0.1) is 16.5 Å². The molecule has 2 amide bonds. The Morgan fingerprint density at radius 3 is 1.61 bits per heavy atom. The molecule has 0 radical (unpaired) electrons. The maximum Gasteiger partial charge on any atom is 0.255 e. The summed E-state index contributed by atoms with van der Waals surface area (Å²) in [7, 11) is 3.61. The summed E-state index contributed by atoms with van der Waals surface area (Å²) in [5, 5.41) is 27.9. The van der Waals surface area contributed by atoms with E-state index in [2.05, 4.69) is 56.7 Å². The zero-order chi connectivity index (χ0) is 43.8. The Morgan fingerprint density at radius 1 is 0.656 bits per heavy atom. The number of phenolic OH excluding ortho intramolecular Hbond substituents is 1. The van der Waals surface area contributed by atoms with Gasteiger partial charge in [-0.2, -0.15) is 10.2 Å². The molecular weight excluding hydrogens is 930 g/mol. The van der Waals surface area contributed by atoms with Gasteiger partial charge in [0.1, 0.15) is 46.8 Å². The first-order valence-corrected chi connectivity index (χ1v) is 20.7. The minimum Gasteiger partial charge on any atom is -0.508 e. The summed E-state index contributed by atoms with van der Waals surface area (Å²) < 4.78 is 9.29. The molecule has 0 aliphatic carbocycles. The van der Waals surface area contributed by atoms with Gasteiger partial charge in [0.25, 0.3) is 11.8 Å². The number of aromatic nitrogens is 8. The lowest BCUT2D eigenvalue weighted by Crippen LogP contribution is -2.12. The summed E-state index contributed by atoms with van der Waals surface area (Å²) in [5.41, 5.74) is 6.68. The monoisotopic (exact) mass is 962 g/mol. The molecule has 14 nitrogen and oxygen atoms in total. The van der Waals surface area contributed by atoms with E-state index in [-0.39, 0.29) is 24.2 Å². The summed E-state index contributed by atoms with van der Waals surface area (Å²) in [6, 6.07) is 23.8. The number of anilines is 2. The van der Waals surface area contributed by atoms with Gasteiger partial charge in [-0.15, -0.1) is 0 Å². The van der Waals surface area contributed by atoms with Crippen molar-refractivity contribution >= 4 is 108 Å². The fraction of sp³-hybridized carbons (Fsp3) is 0.143. The number of amides is 2. The Balaban J connectivity index is 0.000000170. The second kappa shape index (κ2) is 20.1. The van der Waals surface area contributed by atoms with Crippen molar-refractivity contribution < 1.29 is 19.4 Å². The van der Waals surface area contributed by atoms with E-state index in [0.717, 1.165) is 27.9 Å². The molecule has 0 saturated carbocycles. The number of hydrogen-bond acceptors (Lipinski definition) is 10. The number of aryl methyl sites for hydroxylation is 4. The number of hydrogen-bond donors (Lipinski definition) is 3. The predicted octanol–water partition coefficient (Wildman–Crippen LogP) is 10.3. The molecule has 19 heteroatoms. The number of benzene rings is 4. The highest BCUT2D eigenvalue weighted by Gasteiger charge is 2.17. The highest BCUT2D eigenvalue weighted by molar-refractivity contribution is 9.08. The number of ether oxygens (including phenoxy) is 1. The molecular formula is C42H35BrCl4N10O4. The number of carbonyl (C=O) groups is 2. The molecule has 4 aromatic heterocycles. The number of aromatic hydroxyl groups is 1. The van der Waals surface area contributed by atoms with Gasteiger partial charge < -0.3 is 20.5 Å². The minimum absolute atomic E-state index is 0.110. The third kappa shape index (κ3) is 11.1. The minimum atomic E-state index is -0.271. The van der Waals surface area contributed by atoms with Crippen molar-refractivity contribution in [1.29, 1.82) is 0 Å². The number of nitrogens with zero attached hydrogens (tertiary/aromatic N) is 8. The summed E-state index contributed by atoms with van der Waals surface area (Å²) >= 11 is 27.1. The molecule has 61 heavy (non-hydrogen) atoms. The van der Waals surface area contributed by atoms with E-state index in [9.17, 15) is 14.7 Å². The van der Waals surface area contributed by atoms with E-state index in [1.807, 2.05) is 20.0 Å². The van der Waals surface area contributed by atoms with Crippen LogP contribution in [0.15, 0.2) is 97.6 Å². The third-order valence-electron chi connectivity index (χ3n) is 8.91. The molecule has 0 saturated heterocycles. The Labute approximate surface area is 378 Å². The van der Waals surface area contributed by atoms with Crippen molar-refractivity contribution in [1.82, 2.24) is 39.5 Å². The first kappa shape index (κ1) is 44.7. The van der Waals surface area contributed by atoms with Crippen LogP contribution in [0.2, 0.25) is 20.4 Å². The zero-order valence-electron chi connectivity index (χ0n) is 32.8. The van der Waals surface area contributed by atoms with Crippen LogP contribution in [-0.2, 0) is 26.0 Å². The maximum atomic E-state index is 12.6. The summed E-state index contributed by atoms with van der Waals surface area (Å²) in [4.78, 5) is 40.7. The first-order valence-electron chi connectivity index (χ1n) is 18.1. The van der Waals surface area contributed by atoms with Gasteiger partial charge in [0, 0.05) is 52.0 Å². The largest absolute Gasteiger partial charge is 0.508 e. The summed E-state index contributed by atoms with van der Waals surface area (Å²) in [6.45, 7) is 3.84. The van der Waals surface area contributed by atoms with Crippen molar-refractivity contribution in [3.05, 3.63) is 152 Å². The van der Waals surface area contributed by atoms with Crippen molar-refractivity contribution in [3.8, 4) is 11.5 Å². The number of carbonyl (C=O) groups excluding carboxylic acids is 2. The molecule has 4 heterocycles. The molecule has 0 spiro atoms. The Bertz CT molecular complexity index is 2860. The fourth-order valence-corrected chi connectivity index (χ4v) is 6.84. The van der Waals surface area contributed by atoms with E-state index in [1.54, 1.807) is 96.1 Å². The van der Waals surface area contributed by atoms with Gasteiger partial charge in [-0.05, 0) is 97.8 Å². The van der Waals surface area contributed by atoms with Crippen molar-refractivity contribution in [2.75, 3.05) is 10.6 Å². The molecule has 312 valence electrons. The summed E-state index contributed by atoms with van der Waals surface area (Å²) in [6.07, 6.45) is 2.83. The average molecular weight is 966 g/mol. The van der Waals surface area contributed by atoms with Gasteiger partial charge in [-0.1, -0.05) is 74.5 Å². The molecule has 0 aliphatic rings. The molecule has 0 atom stereocenters. The Morgan fingerprint density at radius 2 is 1.11 bits per heavy atom. The fourth-order valence-electron chi connectivity index (χ4n) is 5.72. The van der Waals surface area contributed by atoms with Crippen LogP contribution in [0.25, 0.3) is 22.1 Å². The van der Waals surface area contributed by atoms with Crippen LogP contribution in [0, 0.1) is 13.8 Å². The number of rotatable bonds is 8. The van der Waals surface area contributed by atoms with Gasteiger partial charge in [0.15, 0.2) is 11.3 Å². The summed E-state index contributed by atoms with van der Waals surface area (Å²) in [5.74, 6) is 0.166. The molecule has 0 aliphatic heterocycles. The van der Waals surface area contributed by atoms with E-state index in [4.69, 9.17) is 51.1 Å². The zero-order valence-corrected chi connectivity index (χ0v) is 37.4. The predicted molar refractivity (Wildman–Crippen MR) is 242 cm³/mol. The van der Waals surface area contributed by atoms with Crippen LogP contribution < -0.4 is 15.4 Å². The molecule has 8 aromatic rings. The topological polar surface area (TPSA) is 175 Å². The number of nitrogens with one attached hydrogen (secondary N) is 2. The van der Waals surface area contributed by atoms with E-state index < -0.39 is 0 Å². The molecule has 0 bridgehead atoms. The average Bonchev–Trinajstić information content (AvgIpc) is 3.77. The lowest BCUT2D eigenvalue weighted by Gasteiger charge is -2.11. The lowest BCUT2D eigenvalue weighted by molar-refractivity contribution is 0.101. The number of halogens is 5. The molecule has 0 unspecified atom stereocenters. The van der Waals surface area contributed by atoms with Gasteiger partial charge in [-0.3, -0.25) is 14.3 Å². The SMILES string of the molecule is Cc1ccc(C(=O)Nc2ccc(Cl)cc2)cc1O.Cc1ccc(C(=O)Nc2ccc(Cl)cc2)cc1OCc1nn(C)c2ncnc(Cl)c12.Cn1nc(CBr)c2c(Cl)ncnc21. The molecule has 8 rings (SSSR count). The van der Waals surface area contributed by atoms with Gasteiger partial charge in [0.2, 0.25) is 0 Å². The second-order valence-electron chi connectivity index (χ2n) is 13.2. The van der Waals surface area contributed by atoms with Crippen LogP contribution in [0.5, 0.6) is 11.5 Å². The number of alkyl halides is 1. The molecule has 4 aromatic carbocycles. The van der Waals surface area contributed by atoms with Crippen molar-refractivity contribution in [3.63, 3.8) is 0 Å². The van der Waals surface area contributed by atoms with Crippen molar-refractivity contribution in [2.45, 2.75) is 25.8 Å². The number of phenols is 1. The third-order valence-corrected chi connectivity index (χ3v) is 10.5. The van der Waals surface area contributed by atoms with Gasteiger partial charge >= 0.3 is 0 Å². The van der Waals surface area contributed by atoms with Crippen molar-refractivity contribution in [2.24, 2.45) is 14.1 Å². The second-order valence-corrected chi connectivity index (χ2v) is 15.3. The highest BCUT2D eigenvalue weighted by atomic mass is 79.9. The Hall–Kier alpha value is -5.84. The van der Waals surface area contributed by atoms with E-state index in [1.165, 1.54) is 18.7 Å². The van der Waals surface area contributed by atoms with E-state index in [0.29, 0.717) is 70.7 Å².